The van der Waals surface area contributed by atoms with Crippen LogP contribution in [0.3, 0.4) is 0 Å². The molecule has 6 nitrogen and oxygen atoms in total. The number of benzene rings is 2. The molecule has 0 spiro atoms. The molecular weight excluding hydrogens is 368 g/mol. The molecule has 7 heteroatoms. The van der Waals surface area contributed by atoms with Crippen molar-refractivity contribution in [2.75, 3.05) is 11.4 Å². The van der Waals surface area contributed by atoms with Gasteiger partial charge in [-0.1, -0.05) is 41.9 Å². The van der Waals surface area contributed by atoms with E-state index in [0.717, 1.165) is 11.3 Å². The summed E-state index contributed by atoms with van der Waals surface area (Å²) in [4.78, 5) is 37.5. The maximum absolute atomic E-state index is 12.6. The predicted octanol–water partition coefficient (Wildman–Crippen LogP) is 2.95. The number of carbonyl (C=O) groups excluding carboxylic acids is 2. The third-order valence-electron chi connectivity index (χ3n) is 4.48. The van der Waals surface area contributed by atoms with E-state index in [-0.39, 0.29) is 18.9 Å². The van der Waals surface area contributed by atoms with Gasteiger partial charge in [-0.3, -0.25) is 14.4 Å². The van der Waals surface area contributed by atoms with E-state index in [4.69, 9.17) is 16.7 Å². The Balaban J connectivity index is 1.75. The van der Waals surface area contributed by atoms with Crippen LogP contribution >= 0.6 is 11.6 Å². The topological polar surface area (TPSA) is 86.7 Å². The summed E-state index contributed by atoms with van der Waals surface area (Å²) in [6.45, 7) is -0.153. The summed E-state index contributed by atoms with van der Waals surface area (Å²) in [6, 6.07) is 13.4. The molecule has 0 fully saturated rings. The Kier molecular flexibility index (Phi) is 5.76. The molecule has 2 amide bonds. The number of nitrogens with zero attached hydrogens (tertiary/aromatic N) is 1. The van der Waals surface area contributed by atoms with Crippen molar-refractivity contribution >= 4 is 35.1 Å². The van der Waals surface area contributed by atoms with Gasteiger partial charge in [0.15, 0.2) is 0 Å². The fourth-order valence-corrected chi connectivity index (χ4v) is 3.30. The molecule has 0 aliphatic carbocycles. The van der Waals surface area contributed by atoms with Gasteiger partial charge in [-0.2, -0.15) is 0 Å². The first kappa shape index (κ1) is 18.9. The van der Waals surface area contributed by atoms with Crippen LogP contribution in [-0.2, 0) is 20.8 Å². The highest BCUT2D eigenvalue weighted by Gasteiger charge is 2.27. The number of aryl methyl sites for hydroxylation is 1. The van der Waals surface area contributed by atoms with Crippen LogP contribution in [0.15, 0.2) is 48.5 Å². The predicted molar refractivity (Wildman–Crippen MR) is 102 cm³/mol. The molecule has 2 N–H and O–H groups in total. The van der Waals surface area contributed by atoms with Gasteiger partial charge < -0.3 is 15.3 Å². The Morgan fingerprint density at radius 2 is 1.81 bits per heavy atom. The molecule has 1 atom stereocenters. The molecule has 0 saturated heterocycles. The molecule has 3 rings (SSSR count). The van der Waals surface area contributed by atoms with Crippen molar-refractivity contribution in [3.8, 4) is 0 Å². The normalized spacial score (nSPS) is 14.4. The standard InChI is InChI=1S/C20H19ClN2O4/c21-15-8-5-13(6-9-15)16(11-20(26)27)22-18(24)12-23-17-4-2-1-3-14(17)7-10-19(23)25/h1-6,8-9,16H,7,10-12H2,(H,22,24)(H,26,27)/t16-/m0/s1. The van der Waals surface area contributed by atoms with Crippen LogP contribution in [0.4, 0.5) is 5.69 Å². The van der Waals surface area contributed by atoms with Crippen molar-refractivity contribution in [1.29, 1.82) is 0 Å². The number of rotatable bonds is 6. The first-order valence-corrected chi connectivity index (χ1v) is 8.96. The molecule has 1 aliphatic rings. The highest BCUT2D eigenvalue weighted by molar-refractivity contribution is 6.30. The second kappa shape index (κ2) is 8.22. The fraction of sp³-hybridized carbons (Fsp3) is 0.250. The molecule has 2 aromatic carbocycles. The van der Waals surface area contributed by atoms with Gasteiger partial charge in [-0.15, -0.1) is 0 Å². The van der Waals surface area contributed by atoms with Gasteiger partial charge in [0.1, 0.15) is 6.54 Å². The molecule has 0 bridgehead atoms. The van der Waals surface area contributed by atoms with Crippen LogP contribution in [-0.4, -0.2) is 29.4 Å². The average Bonchev–Trinajstić information content (AvgIpc) is 2.64. The molecule has 27 heavy (non-hydrogen) atoms. The second-order valence-electron chi connectivity index (χ2n) is 6.38. The molecular formula is C20H19ClN2O4. The van der Waals surface area contributed by atoms with Crippen LogP contribution in [0.1, 0.15) is 30.0 Å². The van der Waals surface area contributed by atoms with Crippen LogP contribution < -0.4 is 10.2 Å². The lowest BCUT2D eigenvalue weighted by molar-refractivity contribution is -0.137. The minimum absolute atomic E-state index is 0.120. The number of anilines is 1. The van der Waals surface area contributed by atoms with Gasteiger partial charge >= 0.3 is 5.97 Å². The number of aliphatic carboxylic acids is 1. The summed E-state index contributed by atoms with van der Waals surface area (Å²) in [5.74, 6) is -1.57. The first-order valence-electron chi connectivity index (χ1n) is 8.59. The molecule has 0 radical (unpaired) electrons. The number of halogens is 1. The smallest absolute Gasteiger partial charge is 0.305 e. The number of carboxylic acids is 1. The Morgan fingerprint density at radius 3 is 2.52 bits per heavy atom. The van der Waals surface area contributed by atoms with Crippen LogP contribution in [0, 0.1) is 0 Å². The monoisotopic (exact) mass is 386 g/mol. The molecule has 1 heterocycles. The number of para-hydroxylation sites is 1. The second-order valence-corrected chi connectivity index (χ2v) is 6.81. The summed E-state index contributed by atoms with van der Waals surface area (Å²) >= 11 is 5.87. The molecule has 0 saturated carbocycles. The van der Waals surface area contributed by atoms with Gasteiger partial charge in [0.2, 0.25) is 11.8 Å². The minimum atomic E-state index is -1.03. The molecule has 0 aromatic heterocycles. The highest BCUT2D eigenvalue weighted by Crippen LogP contribution is 2.27. The number of carbonyl (C=O) groups is 3. The first-order chi connectivity index (χ1) is 12.9. The Labute approximate surface area is 161 Å². The van der Waals surface area contributed by atoms with Crippen molar-refractivity contribution < 1.29 is 19.5 Å². The third-order valence-corrected chi connectivity index (χ3v) is 4.73. The Morgan fingerprint density at radius 1 is 1.11 bits per heavy atom. The minimum Gasteiger partial charge on any atom is -0.481 e. The summed E-state index contributed by atoms with van der Waals surface area (Å²) in [5.41, 5.74) is 2.38. The lowest BCUT2D eigenvalue weighted by Crippen LogP contribution is -2.44. The number of hydrogen-bond donors (Lipinski definition) is 2. The van der Waals surface area contributed by atoms with E-state index in [1.807, 2.05) is 24.3 Å². The summed E-state index contributed by atoms with van der Waals surface area (Å²) in [7, 11) is 0. The molecule has 0 unspecified atom stereocenters. The van der Waals surface area contributed by atoms with E-state index in [0.29, 0.717) is 23.4 Å². The zero-order valence-electron chi connectivity index (χ0n) is 14.5. The number of nitrogens with one attached hydrogen (secondary N) is 1. The van der Waals surface area contributed by atoms with E-state index in [9.17, 15) is 14.4 Å². The van der Waals surface area contributed by atoms with Crippen molar-refractivity contribution in [2.24, 2.45) is 0 Å². The van der Waals surface area contributed by atoms with Gasteiger partial charge in [0, 0.05) is 17.1 Å². The van der Waals surface area contributed by atoms with E-state index in [1.54, 1.807) is 24.3 Å². The lowest BCUT2D eigenvalue weighted by atomic mass is 10.0. The maximum atomic E-state index is 12.6. The zero-order valence-corrected chi connectivity index (χ0v) is 15.3. The fourth-order valence-electron chi connectivity index (χ4n) is 3.18. The lowest BCUT2D eigenvalue weighted by Gasteiger charge is -2.29. The van der Waals surface area contributed by atoms with Crippen LogP contribution in [0.25, 0.3) is 0 Å². The summed E-state index contributed by atoms with van der Waals surface area (Å²) in [5, 5.41) is 12.4. The third kappa shape index (κ3) is 4.65. The van der Waals surface area contributed by atoms with Gasteiger partial charge in [-0.05, 0) is 35.7 Å². The van der Waals surface area contributed by atoms with Crippen molar-refractivity contribution in [3.63, 3.8) is 0 Å². The van der Waals surface area contributed by atoms with Gasteiger partial charge in [-0.25, -0.2) is 0 Å². The average molecular weight is 387 g/mol. The highest BCUT2D eigenvalue weighted by atomic mass is 35.5. The largest absolute Gasteiger partial charge is 0.481 e. The SMILES string of the molecule is O=C(O)C[C@H](NC(=O)CN1C(=O)CCc2ccccc21)c1ccc(Cl)cc1. The van der Waals surface area contributed by atoms with Crippen molar-refractivity contribution in [3.05, 3.63) is 64.7 Å². The Hall–Kier alpha value is -2.86. The summed E-state index contributed by atoms with van der Waals surface area (Å²) in [6.07, 6.45) is 0.734. The van der Waals surface area contributed by atoms with Gasteiger partial charge in [0.05, 0.1) is 12.5 Å². The number of amides is 2. The van der Waals surface area contributed by atoms with Crippen LogP contribution in [0.2, 0.25) is 5.02 Å². The molecule has 2 aromatic rings. The van der Waals surface area contributed by atoms with Crippen molar-refractivity contribution in [2.45, 2.75) is 25.3 Å². The van der Waals surface area contributed by atoms with E-state index < -0.39 is 17.9 Å². The van der Waals surface area contributed by atoms with E-state index in [1.165, 1.54) is 4.90 Å². The van der Waals surface area contributed by atoms with E-state index in [2.05, 4.69) is 5.32 Å². The number of carboxylic acid groups (broad SMARTS) is 1. The number of hydrogen-bond acceptors (Lipinski definition) is 3. The number of fused-ring (bicyclic) bond motifs is 1. The van der Waals surface area contributed by atoms with E-state index >= 15 is 0 Å². The van der Waals surface area contributed by atoms with Gasteiger partial charge in [0.25, 0.3) is 0 Å². The van der Waals surface area contributed by atoms with Crippen molar-refractivity contribution in [1.82, 2.24) is 5.32 Å². The molecule has 1 aliphatic heterocycles. The Bertz CT molecular complexity index is 867. The molecule has 140 valence electrons. The van der Waals surface area contributed by atoms with Crippen LogP contribution in [0.5, 0.6) is 0 Å². The quantitative estimate of drug-likeness (QED) is 0.799. The maximum Gasteiger partial charge on any atom is 0.305 e. The summed E-state index contributed by atoms with van der Waals surface area (Å²) < 4.78 is 0. The zero-order chi connectivity index (χ0) is 19.4.